The molecular formula is C50H93NO5. The largest absolute Gasteiger partial charge is 0.462 e. The van der Waals surface area contributed by atoms with Crippen molar-refractivity contribution in [2.75, 3.05) is 6.61 Å². The number of unbranched alkanes of at least 4 members (excludes halogenated alkanes) is 25. The van der Waals surface area contributed by atoms with E-state index >= 15 is 0 Å². The molecule has 0 aromatic heterocycles. The zero-order valence-electron chi connectivity index (χ0n) is 37.3. The maximum atomic E-state index is 13.1. The fourth-order valence-corrected chi connectivity index (χ4v) is 7.25. The number of carbonyl (C=O) groups excluding carboxylic acids is 2. The van der Waals surface area contributed by atoms with Gasteiger partial charge in [-0.25, -0.2) is 0 Å². The highest BCUT2D eigenvalue weighted by atomic mass is 16.5. The number of aliphatic hydroxyl groups is 2. The van der Waals surface area contributed by atoms with Crippen LogP contribution in [0.5, 0.6) is 0 Å². The number of hydrogen-bond acceptors (Lipinski definition) is 5. The second kappa shape index (κ2) is 44.2. The summed E-state index contributed by atoms with van der Waals surface area (Å²) in [5, 5.41) is 23.7. The first-order valence-electron chi connectivity index (χ1n) is 24.2. The van der Waals surface area contributed by atoms with Crippen LogP contribution in [0.25, 0.3) is 0 Å². The van der Waals surface area contributed by atoms with Gasteiger partial charge in [-0.05, 0) is 64.2 Å². The van der Waals surface area contributed by atoms with E-state index < -0.39 is 18.2 Å². The van der Waals surface area contributed by atoms with Gasteiger partial charge in [0.2, 0.25) is 5.91 Å². The van der Waals surface area contributed by atoms with E-state index in [9.17, 15) is 19.8 Å². The van der Waals surface area contributed by atoms with Crippen LogP contribution in [0.1, 0.15) is 245 Å². The van der Waals surface area contributed by atoms with Crippen molar-refractivity contribution in [3.8, 4) is 0 Å². The van der Waals surface area contributed by atoms with E-state index in [0.29, 0.717) is 19.3 Å². The monoisotopic (exact) mass is 788 g/mol. The molecule has 0 fully saturated rings. The van der Waals surface area contributed by atoms with E-state index in [1.807, 2.05) is 6.08 Å². The molecule has 1 amide bonds. The van der Waals surface area contributed by atoms with Gasteiger partial charge in [0.15, 0.2) is 0 Å². The number of rotatable bonds is 43. The summed E-state index contributed by atoms with van der Waals surface area (Å²) in [6, 6.07) is -0.717. The van der Waals surface area contributed by atoms with E-state index in [0.717, 1.165) is 51.4 Å². The van der Waals surface area contributed by atoms with Crippen molar-refractivity contribution in [2.45, 2.75) is 264 Å². The van der Waals surface area contributed by atoms with Crippen molar-refractivity contribution >= 4 is 11.9 Å². The second-order valence-electron chi connectivity index (χ2n) is 16.5. The summed E-state index contributed by atoms with van der Waals surface area (Å²) in [6.07, 6.45) is 50.7. The normalized spacial score (nSPS) is 13.6. The van der Waals surface area contributed by atoms with Crippen LogP contribution in [0.3, 0.4) is 0 Å². The fraction of sp³-hybridized carbons (Fsp3) is 0.840. The summed E-state index contributed by atoms with van der Waals surface area (Å²) < 4.78 is 5.86. The minimum Gasteiger partial charge on any atom is -0.462 e. The smallest absolute Gasteiger partial charge is 0.306 e. The van der Waals surface area contributed by atoms with Crippen LogP contribution < -0.4 is 5.32 Å². The Morgan fingerprint density at radius 3 is 1.41 bits per heavy atom. The van der Waals surface area contributed by atoms with E-state index in [-0.39, 0.29) is 31.3 Å². The molecule has 0 aliphatic rings. The molecule has 6 heteroatoms. The van der Waals surface area contributed by atoms with E-state index in [4.69, 9.17) is 4.74 Å². The number of hydrogen-bond donors (Lipinski definition) is 3. The van der Waals surface area contributed by atoms with Crippen LogP contribution in [0.2, 0.25) is 0 Å². The molecule has 0 aromatic carbocycles. The van der Waals surface area contributed by atoms with E-state index in [1.54, 1.807) is 0 Å². The van der Waals surface area contributed by atoms with Crippen LogP contribution in [-0.4, -0.2) is 46.9 Å². The first kappa shape index (κ1) is 54.1. The minimum absolute atomic E-state index is 0.0363. The van der Waals surface area contributed by atoms with Crippen LogP contribution in [0.15, 0.2) is 36.5 Å². The molecule has 0 bridgehead atoms. The number of esters is 1. The summed E-state index contributed by atoms with van der Waals surface area (Å²) in [4.78, 5) is 26.0. The maximum absolute atomic E-state index is 13.1. The standard InChI is InChI=1S/C50H93NO5/c1-4-7-10-13-16-19-22-25-28-31-34-37-40-43-50(55)56-46(41-38-35-32-29-26-23-20-17-14-11-8-5-2)44-49(54)51-47(45-52)48(53)42-39-36-33-30-27-24-21-18-15-12-9-6-3/h25,28-29,32,34,37,46-48,52-53H,4-24,26-27,30-31,33,35-36,38-45H2,1-3H3,(H,51,54)/b28-25-,32-29-,37-34+. The maximum Gasteiger partial charge on any atom is 0.306 e. The lowest BCUT2D eigenvalue weighted by molar-refractivity contribution is -0.150. The molecule has 3 unspecified atom stereocenters. The topological polar surface area (TPSA) is 95.9 Å². The molecule has 0 aromatic rings. The number of carbonyl (C=O) groups is 2. The van der Waals surface area contributed by atoms with E-state index in [1.165, 1.54) is 141 Å². The first-order chi connectivity index (χ1) is 27.5. The highest BCUT2D eigenvalue weighted by Gasteiger charge is 2.23. The Morgan fingerprint density at radius 2 is 0.929 bits per heavy atom. The molecule has 3 atom stereocenters. The molecule has 0 rings (SSSR count). The zero-order valence-corrected chi connectivity index (χ0v) is 37.3. The summed E-state index contributed by atoms with van der Waals surface area (Å²) >= 11 is 0. The molecule has 0 saturated heterocycles. The zero-order chi connectivity index (χ0) is 41.0. The van der Waals surface area contributed by atoms with Gasteiger partial charge >= 0.3 is 5.97 Å². The Balaban J connectivity index is 4.67. The van der Waals surface area contributed by atoms with Gasteiger partial charge in [0, 0.05) is 6.42 Å². The second-order valence-corrected chi connectivity index (χ2v) is 16.5. The first-order valence-corrected chi connectivity index (χ1v) is 24.2. The molecule has 6 nitrogen and oxygen atoms in total. The predicted octanol–water partition coefficient (Wildman–Crippen LogP) is 14.1. The highest BCUT2D eigenvalue weighted by Crippen LogP contribution is 2.16. The van der Waals surface area contributed by atoms with Crippen molar-refractivity contribution in [2.24, 2.45) is 0 Å². The Hall–Kier alpha value is -1.92. The lowest BCUT2D eigenvalue weighted by atomic mass is 10.0. The average Bonchev–Trinajstić information content (AvgIpc) is 3.19. The van der Waals surface area contributed by atoms with Gasteiger partial charge in [-0.15, -0.1) is 0 Å². The van der Waals surface area contributed by atoms with Crippen molar-refractivity contribution in [3.63, 3.8) is 0 Å². The summed E-state index contributed by atoms with van der Waals surface area (Å²) in [5.74, 6) is -0.580. The molecule has 0 aliphatic carbocycles. The number of amides is 1. The average molecular weight is 788 g/mol. The van der Waals surface area contributed by atoms with Crippen molar-refractivity contribution in [1.82, 2.24) is 5.32 Å². The molecule has 0 saturated carbocycles. The quantitative estimate of drug-likeness (QED) is 0.0325. The molecule has 0 heterocycles. The lowest BCUT2D eigenvalue weighted by Crippen LogP contribution is -2.46. The summed E-state index contributed by atoms with van der Waals surface area (Å²) in [7, 11) is 0. The third-order valence-corrected chi connectivity index (χ3v) is 11.0. The van der Waals surface area contributed by atoms with Gasteiger partial charge in [-0.1, -0.05) is 205 Å². The number of aliphatic hydroxyl groups excluding tert-OH is 2. The third kappa shape index (κ3) is 38.9. The van der Waals surface area contributed by atoms with Crippen molar-refractivity contribution < 1.29 is 24.5 Å². The summed E-state index contributed by atoms with van der Waals surface area (Å²) in [5.41, 5.74) is 0. The Bertz CT molecular complexity index is 930. The van der Waals surface area contributed by atoms with Gasteiger partial charge in [-0.3, -0.25) is 9.59 Å². The summed E-state index contributed by atoms with van der Waals surface area (Å²) in [6.45, 7) is 6.44. The Kier molecular flexibility index (Phi) is 42.7. The van der Waals surface area contributed by atoms with Crippen LogP contribution in [0, 0.1) is 0 Å². The fourth-order valence-electron chi connectivity index (χ4n) is 7.25. The minimum atomic E-state index is -0.799. The number of ether oxygens (including phenoxy) is 1. The molecule has 3 N–H and O–H groups in total. The molecular weight excluding hydrogens is 695 g/mol. The van der Waals surface area contributed by atoms with Gasteiger partial charge < -0.3 is 20.3 Å². The Labute approximate surface area is 347 Å². The van der Waals surface area contributed by atoms with Gasteiger partial charge in [0.05, 0.1) is 25.2 Å². The van der Waals surface area contributed by atoms with Crippen molar-refractivity contribution in [1.29, 1.82) is 0 Å². The SMILES string of the molecule is CCCCCCCC/C=C\C/C=C/CCC(=O)OC(CCC/C=C\CCCCCCCCC)CC(=O)NC(CO)C(O)CCCCCCCCCCCCCC. The number of nitrogens with one attached hydrogen (secondary N) is 1. The molecule has 56 heavy (non-hydrogen) atoms. The molecule has 0 radical (unpaired) electrons. The van der Waals surface area contributed by atoms with E-state index in [2.05, 4.69) is 56.5 Å². The van der Waals surface area contributed by atoms with Gasteiger partial charge in [-0.2, -0.15) is 0 Å². The van der Waals surface area contributed by atoms with Gasteiger partial charge in [0.25, 0.3) is 0 Å². The predicted molar refractivity (Wildman–Crippen MR) is 241 cm³/mol. The highest BCUT2D eigenvalue weighted by molar-refractivity contribution is 5.77. The Morgan fingerprint density at radius 1 is 0.518 bits per heavy atom. The van der Waals surface area contributed by atoms with Crippen LogP contribution in [-0.2, 0) is 14.3 Å². The van der Waals surface area contributed by atoms with Crippen LogP contribution >= 0.6 is 0 Å². The van der Waals surface area contributed by atoms with Crippen LogP contribution in [0.4, 0.5) is 0 Å². The number of allylic oxidation sites excluding steroid dienone is 6. The third-order valence-electron chi connectivity index (χ3n) is 11.0. The molecule has 0 aliphatic heterocycles. The molecule has 328 valence electrons. The van der Waals surface area contributed by atoms with Gasteiger partial charge in [0.1, 0.15) is 6.10 Å². The van der Waals surface area contributed by atoms with Crippen molar-refractivity contribution in [3.05, 3.63) is 36.5 Å². The molecule has 0 spiro atoms. The lowest BCUT2D eigenvalue weighted by Gasteiger charge is -2.24.